The van der Waals surface area contributed by atoms with E-state index in [4.69, 9.17) is 0 Å². The van der Waals surface area contributed by atoms with E-state index < -0.39 is 0 Å². The van der Waals surface area contributed by atoms with E-state index in [1.807, 2.05) is 0 Å². The monoisotopic (exact) mass is 320 g/mol. The Hall–Kier alpha value is -0.521. The number of ketones is 4. The first-order valence-corrected chi connectivity index (χ1v) is 4.23. The summed E-state index contributed by atoms with van der Waals surface area (Å²) in [4.78, 5) is 40.1. The van der Waals surface area contributed by atoms with Crippen molar-refractivity contribution in [2.24, 2.45) is 0 Å². The van der Waals surface area contributed by atoms with Crippen LogP contribution in [-0.4, -0.2) is 47.0 Å². The van der Waals surface area contributed by atoms with E-state index in [-0.39, 0.29) is 59.9 Å². The van der Waals surface area contributed by atoms with Gasteiger partial charge in [0.2, 0.25) is 0 Å². The van der Waals surface area contributed by atoms with Gasteiger partial charge in [0.1, 0.15) is 23.1 Å². The summed E-state index contributed by atoms with van der Waals surface area (Å²) in [5.41, 5.74) is 0. The number of rotatable bonds is 4. The third-order valence-electron chi connectivity index (χ3n) is 0.996. The minimum atomic E-state index is -0.0625. The van der Waals surface area contributed by atoms with Crippen molar-refractivity contribution in [1.82, 2.24) is 0 Å². The first-order valence-electron chi connectivity index (χ1n) is 4.23. The molecule has 5 heteroatoms. The molecule has 0 unspecified atom stereocenters. The van der Waals surface area contributed by atoms with Gasteiger partial charge in [-0.25, -0.2) is 0 Å². The molecule has 0 aromatic carbocycles. The van der Waals surface area contributed by atoms with Gasteiger partial charge in [0.05, 0.1) is 12.8 Å². The average Bonchev–Trinajstić information content (AvgIpc) is 1.79. The number of carbonyl (C=O) groups excluding carboxylic acids is 4. The van der Waals surface area contributed by atoms with Gasteiger partial charge < -0.3 is 0 Å². The van der Waals surface area contributed by atoms with Crippen molar-refractivity contribution < 1.29 is 19.2 Å². The molecule has 0 heterocycles. The summed E-state index contributed by atoms with van der Waals surface area (Å²) in [5, 5.41) is 0. The van der Waals surface area contributed by atoms with Crippen molar-refractivity contribution in [2.45, 2.75) is 40.5 Å². The summed E-state index contributed by atoms with van der Waals surface area (Å²) < 4.78 is 0. The van der Waals surface area contributed by atoms with Gasteiger partial charge in [0.25, 0.3) is 0 Å². The standard InChI is InChI=1S/2C5H8O2.Sn/c2*1-4(6)3-5(2)7;/h2*3H2,1-2H3;. The van der Waals surface area contributed by atoms with E-state index in [0.29, 0.717) is 0 Å². The minimum absolute atomic E-state index is 0. The van der Waals surface area contributed by atoms with Crippen molar-refractivity contribution in [2.75, 3.05) is 0 Å². The number of carbonyl (C=O) groups is 4. The van der Waals surface area contributed by atoms with Crippen LogP contribution in [0.3, 0.4) is 0 Å². The van der Waals surface area contributed by atoms with Crippen molar-refractivity contribution in [3.8, 4) is 0 Å². The molecule has 0 aliphatic rings. The van der Waals surface area contributed by atoms with Gasteiger partial charge >= 0.3 is 0 Å². The quantitative estimate of drug-likeness (QED) is 0.566. The van der Waals surface area contributed by atoms with Gasteiger partial charge in [-0.05, 0) is 27.7 Å². The molecule has 4 nitrogen and oxygen atoms in total. The molecule has 0 rings (SSSR count). The molecular formula is C10H16O4Sn. The van der Waals surface area contributed by atoms with Crippen LogP contribution in [0.25, 0.3) is 0 Å². The van der Waals surface area contributed by atoms with Crippen molar-refractivity contribution >= 4 is 47.0 Å². The first kappa shape index (κ1) is 20.0. The molecule has 0 atom stereocenters. The third-order valence-corrected chi connectivity index (χ3v) is 0.996. The Morgan fingerprint density at radius 2 is 0.733 bits per heavy atom. The van der Waals surface area contributed by atoms with Crippen molar-refractivity contribution in [3.05, 3.63) is 0 Å². The molecule has 0 aromatic rings. The predicted molar refractivity (Wildman–Crippen MR) is 57.7 cm³/mol. The molecule has 0 spiro atoms. The second-order valence-corrected chi connectivity index (χ2v) is 3.16. The van der Waals surface area contributed by atoms with Gasteiger partial charge in [-0.2, -0.15) is 0 Å². The second-order valence-electron chi connectivity index (χ2n) is 3.16. The average molecular weight is 319 g/mol. The molecule has 0 aliphatic carbocycles. The molecule has 84 valence electrons. The maximum absolute atomic E-state index is 10.0. The van der Waals surface area contributed by atoms with Gasteiger partial charge in [0.15, 0.2) is 0 Å². The molecular weight excluding hydrogens is 303 g/mol. The van der Waals surface area contributed by atoms with Crippen LogP contribution in [0.2, 0.25) is 0 Å². The Labute approximate surface area is 107 Å². The fourth-order valence-corrected chi connectivity index (χ4v) is 0.701. The zero-order valence-electron chi connectivity index (χ0n) is 9.55. The molecule has 0 aromatic heterocycles. The van der Waals surface area contributed by atoms with E-state index >= 15 is 0 Å². The summed E-state index contributed by atoms with van der Waals surface area (Å²) in [6.07, 6.45) is 0.167. The summed E-state index contributed by atoms with van der Waals surface area (Å²) in [6.45, 7) is 5.62. The van der Waals surface area contributed by atoms with Crippen LogP contribution >= 0.6 is 0 Å². The molecule has 0 bridgehead atoms. The molecule has 0 aliphatic heterocycles. The fourth-order valence-electron chi connectivity index (χ4n) is 0.701. The van der Waals surface area contributed by atoms with E-state index in [2.05, 4.69) is 0 Å². The van der Waals surface area contributed by atoms with Crippen LogP contribution < -0.4 is 0 Å². The Kier molecular flexibility index (Phi) is 15.4. The molecule has 4 radical (unpaired) electrons. The summed E-state index contributed by atoms with van der Waals surface area (Å²) >= 11 is 0. The number of hydrogen-bond donors (Lipinski definition) is 0. The van der Waals surface area contributed by atoms with Crippen LogP contribution in [0.5, 0.6) is 0 Å². The van der Waals surface area contributed by atoms with Crippen molar-refractivity contribution in [3.63, 3.8) is 0 Å². The maximum Gasteiger partial charge on any atom is 0.137 e. The maximum atomic E-state index is 10.0. The van der Waals surface area contributed by atoms with Crippen molar-refractivity contribution in [1.29, 1.82) is 0 Å². The Balaban J connectivity index is -0.000000180. The van der Waals surface area contributed by atoms with Crippen LogP contribution in [0, 0.1) is 0 Å². The van der Waals surface area contributed by atoms with Gasteiger partial charge in [0, 0.05) is 23.9 Å². The molecule has 0 saturated carbocycles. The normalized spacial score (nSPS) is 7.73. The van der Waals surface area contributed by atoms with Gasteiger partial charge in [-0.3, -0.25) is 19.2 Å². The predicted octanol–water partition coefficient (Wildman–Crippen LogP) is 0.728. The zero-order valence-corrected chi connectivity index (χ0v) is 12.4. The summed E-state index contributed by atoms with van der Waals surface area (Å²) in [6, 6.07) is 0. The molecule has 0 amide bonds. The summed E-state index contributed by atoms with van der Waals surface area (Å²) in [7, 11) is 0. The minimum Gasteiger partial charge on any atom is -0.300 e. The fraction of sp³-hybridized carbons (Fsp3) is 0.600. The Bertz CT molecular complexity index is 196. The Morgan fingerprint density at radius 1 is 0.600 bits per heavy atom. The smallest absolute Gasteiger partial charge is 0.137 e. The molecule has 0 N–H and O–H groups in total. The first-order chi connectivity index (χ1) is 6.25. The van der Waals surface area contributed by atoms with E-state index in [1.165, 1.54) is 27.7 Å². The zero-order chi connectivity index (χ0) is 11.7. The van der Waals surface area contributed by atoms with Crippen LogP contribution in [0.15, 0.2) is 0 Å². The third kappa shape index (κ3) is 31.8. The van der Waals surface area contributed by atoms with Gasteiger partial charge in [-0.1, -0.05) is 0 Å². The van der Waals surface area contributed by atoms with Crippen LogP contribution in [0.1, 0.15) is 40.5 Å². The van der Waals surface area contributed by atoms with E-state index in [9.17, 15) is 19.2 Å². The van der Waals surface area contributed by atoms with Crippen LogP contribution in [-0.2, 0) is 19.2 Å². The van der Waals surface area contributed by atoms with Gasteiger partial charge in [-0.15, -0.1) is 0 Å². The topological polar surface area (TPSA) is 68.3 Å². The summed E-state index contributed by atoms with van der Waals surface area (Å²) in [5.74, 6) is -0.250. The molecule has 15 heavy (non-hydrogen) atoms. The SMILES string of the molecule is CC(=O)CC(C)=O.CC(=O)CC(C)=O.[Sn]. The molecule has 0 fully saturated rings. The number of hydrogen-bond acceptors (Lipinski definition) is 4. The van der Waals surface area contributed by atoms with E-state index in [0.717, 1.165) is 0 Å². The van der Waals surface area contributed by atoms with E-state index in [1.54, 1.807) is 0 Å². The Morgan fingerprint density at radius 3 is 0.733 bits per heavy atom. The second kappa shape index (κ2) is 11.6. The molecule has 0 saturated heterocycles. The van der Waals surface area contributed by atoms with Crippen LogP contribution in [0.4, 0.5) is 0 Å². The number of Topliss-reactive ketones (excluding diaryl/α,β-unsaturated/α-hetero) is 4. The largest absolute Gasteiger partial charge is 0.300 e.